The molecule has 0 radical (unpaired) electrons. The van der Waals surface area contributed by atoms with Gasteiger partial charge >= 0.3 is 29.6 Å². The fourth-order valence-electron chi connectivity index (χ4n) is 5.39. The van der Waals surface area contributed by atoms with Gasteiger partial charge in [-0.25, -0.2) is 4.98 Å². The zero-order valence-corrected chi connectivity index (χ0v) is 27.9. The first-order valence-corrected chi connectivity index (χ1v) is 14.9. The number of thiazole rings is 1. The van der Waals surface area contributed by atoms with Crippen LogP contribution in [0, 0.1) is 13.8 Å². The number of amides is 2. The molecule has 2 amide bonds. The number of benzene rings is 3. The van der Waals surface area contributed by atoms with Gasteiger partial charge in [-0.05, 0) is 42.7 Å². The van der Waals surface area contributed by atoms with Crippen molar-refractivity contribution in [3.63, 3.8) is 0 Å². The van der Waals surface area contributed by atoms with E-state index in [1.807, 2.05) is 50.2 Å². The molecule has 222 valence electrons. The number of hydrogen-bond donors (Lipinski definition) is 1. The van der Waals surface area contributed by atoms with Crippen LogP contribution in [0.2, 0.25) is 0 Å². The number of carbonyl (C=O) groups excluding carboxylic acids is 3. The van der Waals surface area contributed by atoms with Crippen LogP contribution in [0.25, 0.3) is 10.4 Å². The Morgan fingerprint density at radius 3 is 2.07 bits per heavy atom. The molecule has 0 unspecified atom stereocenters. The van der Waals surface area contributed by atoms with E-state index in [2.05, 4.69) is 39.5 Å². The van der Waals surface area contributed by atoms with E-state index in [4.69, 9.17) is 4.74 Å². The summed E-state index contributed by atoms with van der Waals surface area (Å²) in [7, 11) is 0. The maximum absolute atomic E-state index is 12.9. The van der Waals surface area contributed by atoms with Crippen LogP contribution in [-0.4, -0.2) is 72.0 Å². The molecule has 0 saturated carbocycles. The van der Waals surface area contributed by atoms with Crippen molar-refractivity contribution in [1.82, 2.24) is 14.8 Å². The second-order valence-electron chi connectivity index (χ2n) is 10.4. The van der Waals surface area contributed by atoms with Crippen molar-refractivity contribution in [2.24, 2.45) is 0 Å². The molecular weight excluding hydrogens is 587 g/mol. The van der Waals surface area contributed by atoms with Gasteiger partial charge in [0, 0.05) is 37.4 Å². The summed E-state index contributed by atoms with van der Waals surface area (Å²) >= 11 is 1.46. The summed E-state index contributed by atoms with van der Waals surface area (Å²) in [5.41, 5.74) is 3.84. The summed E-state index contributed by atoms with van der Waals surface area (Å²) in [6.45, 7) is 5.59. The fraction of sp³-hybridized carbons (Fsp3) is 0.273. The molecule has 3 aromatic carbocycles. The van der Waals surface area contributed by atoms with Crippen LogP contribution in [0.5, 0.6) is 0 Å². The third kappa shape index (κ3) is 8.20. The van der Waals surface area contributed by atoms with E-state index in [9.17, 15) is 19.5 Å². The molecule has 9 nitrogen and oxygen atoms in total. The monoisotopic (exact) mass is 620 g/mol. The molecule has 1 saturated heterocycles. The predicted molar refractivity (Wildman–Crippen MR) is 164 cm³/mol. The van der Waals surface area contributed by atoms with E-state index in [0.717, 1.165) is 15.6 Å². The molecule has 0 aliphatic carbocycles. The van der Waals surface area contributed by atoms with Crippen molar-refractivity contribution in [3.05, 3.63) is 106 Å². The average molecular weight is 621 g/mol. The summed E-state index contributed by atoms with van der Waals surface area (Å²) < 4.78 is 5.42. The Bertz CT molecular complexity index is 1550. The van der Waals surface area contributed by atoms with E-state index >= 15 is 0 Å². The van der Waals surface area contributed by atoms with Crippen LogP contribution < -0.4 is 40.0 Å². The largest absolute Gasteiger partial charge is 1.00 e. The van der Waals surface area contributed by atoms with Gasteiger partial charge in [0.2, 0.25) is 11.8 Å². The Morgan fingerprint density at radius 2 is 1.52 bits per heavy atom. The van der Waals surface area contributed by atoms with E-state index in [1.54, 1.807) is 11.0 Å². The average Bonchev–Trinajstić information content (AvgIpc) is 3.36. The van der Waals surface area contributed by atoms with Crippen LogP contribution in [-0.2, 0) is 14.3 Å². The van der Waals surface area contributed by atoms with Gasteiger partial charge in [-0.2, -0.15) is 0 Å². The third-order valence-electron chi connectivity index (χ3n) is 7.40. The maximum Gasteiger partial charge on any atom is 1.00 e. The van der Waals surface area contributed by atoms with Crippen molar-refractivity contribution < 1.29 is 53.8 Å². The molecule has 0 atom stereocenters. The molecule has 1 N–H and O–H groups in total. The Kier molecular flexibility index (Phi) is 11.9. The normalized spacial score (nSPS) is 13.4. The summed E-state index contributed by atoms with van der Waals surface area (Å²) in [5.74, 6) is -2.17. The Balaban J connectivity index is 0.00000442. The number of nitrogens with one attached hydrogen (secondary N) is 1. The van der Waals surface area contributed by atoms with Crippen LogP contribution >= 0.6 is 11.3 Å². The van der Waals surface area contributed by atoms with Gasteiger partial charge in [-0.1, -0.05) is 66.7 Å². The summed E-state index contributed by atoms with van der Waals surface area (Å²) in [4.78, 5) is 46.6. The van der Waals surface area contributed by atoms with Crippen LogP contribution in [0.4, 0.5) is 5.69 Å². The SMILES string of the molecule is Cc1nc(C)c(-c2ccc(NC(=O)COCC(=O)N3CCN(C(c4ccccc4)c4ccccc4)CC3)c(C(=O)[O-])c2)s1.[Na+]. The molecule has 1 aliphatic heterocycles. The standard InChI is InChI=1S/C33H34N4O5S.Na/c1-22-32(43-23(2)34-22)26-13-14-28(27(19-26)33(40)41)35-29(38)20-42-21-30(39)36-15-17-37(18-16-36)31(24-9-5-3-6-10-24)25-11-7-4-8-12-25;/h3-14,19,31H,15-18,20-21H2,1-2H3,(H,35,38)(H,40,41);/q;+1/p-1. The molecule has 11 heteroatoms. The van der Waals surface area contributed by atoms with Crippen molar-refractivity contribution in [2.45, 2.75) is 19.9 Å². The minimum Gasteiger partial charge on any atom is -0.545 e. The molecule has 1 aliphatic rings. The molecule has 0 bridgehead atoms. The van der Waals surface area contributed by atoms with Gasteiger partial charge in [0.05, 0.1) is 27.6 Å². The molecular formula is C33H33N4NaO5S. The molecule has 1 aromatic heterocycles. The zero-order valence-electron chi connectivity index (χ0n) is 25.1. The number of carboxylic acids is 1. The molecule has 44 heavy (non-hydrogen) atoms. The Morgan fingerprint density at radius 1 is 0.909 bits per heavy atom. The smallest absolute Gasteiger partial charge is 0.545 e. The first-order valence-electron chi connectivity index (χ1n) is 14.1. The summed E-state index contributed by atoms with van der Waals surface area (Å²) in [6.07, 6.45) is 0. The molecule has 2 heterocycles. The number of rotatable bonds is 10. The number of ether oxygens (including phenoxy) is 1. The Labute approximate surface area is 283 Å². The Hall–Kier alpha value is -3.38. The van der Waals surface area contributed by atoms with E-state index in [0.29, 0.717) is 31.7 Å². The predicted octanol–water partition coefficient (Wildman–Crippen LogP) is 0.683. The van der Waals surface area contributed by atoms with Gasteiger partial charge in [-0.15, -0.1) is 11.3 Å². The van der Waals surface area contributed by atoms with E-state index in [1.165, 1.54) is 34.6 Å². The van der Waals surface area contributed by atoms with Crippen LogP contribution in [0.3, 0.4) is 0 Å². The van der Waals surface area contributed by atoms with E-state index < -0.39 is 18.5 Å². The molecule has 5 rings (SSSR count). The number of anilines is 1. The quantitative estimate of drug-likeness (QED) is 0.260. The van der Waals surface area contributed by atoms with Gasteiger partial charge in [0.15, 0.2) is 0 Å². The first-order chi connectivity index (χ1) is 20.8. The number of aromatic carboxylic acids is 1. The van der Waals surface area contributed by atoms with Crippen LogP contribution in [0.1, 0.15) is 38.2 Å². The van der Waals surface area contributed by atoms with Crippen molar-refractivity contribution in [3.8, 4) is 10.4 Å². The topological polar surface area (TPSA) is 115 Å². The van der Waals surface area contributed by atoms with Crippen molar-refractivity contribution in [2.75, 3.05) is 44.7 Å². The number of aryl methyl sites for hydroxylation is 2. The number of piperazine rings is 1. The first kappa shape index (κ1) is 33.5. The van der Waals surface area contributed by atoms with Gasteiger partial charge in [0.25, 0.3) is 0 Å². The molecule has 1 fully saturated rings. The van der Waals surface area contributed by atoms with Crippen molar-refractivity contribution >= 4 is 34.8 Å². The number of nitrogens with zero attached hydrogens (tertiary/aromatic N) is 3. The van der Waals surface area contributed by atoms with Gasteiger partial charge in [-0.3, -0.25) is 14.5 Å². The second-order valence-corrected chi connectivity index (χ2v) is 11.6. The third-order valence-corrected chi connectivity index (χ3v) is 8.52. The summed E-state index contributed by atoms with van der Waals surface area (Å²) in [5, 5.41) is 15.3. The number of aromatic nitrogens is 1. The summed E-state index contributed by atoms with van der Waals surface area (Å²) in [6, 6.07) is 25.5. The number of hydrogen-bond acceptors (Lipinski definition) is 8. The van der Waals surface area contributed by atoms with Crippen molar-refractivity contribution in [1.29, 1.82) is 0 Å². The van der Waals surface area contributed by atoms with E-state index in [-0.39, 0.29) is 59.4 Å². The minimum absolute atomic E-state index is 0. The second kappa shape index (κ2) is 15.6. The van der Waals surface area contributed by atoms with Gasteiger partial charge in [0.1, 0.15) is 13.2 Å². The number of carbonyl (C=O) groups is 3. The van der Waals surface area contributed by atoms with Gasteiger partial charge < -0.3 is 24.9 Å². The maximum atomic E-state index is 12.9. The zero-order chi connectivity index (χ0) is 30.3. The fourth-order valence-corrected chi connectivity index (χ4v) is 6.30. The number of carboxylic acid groups (broad SMARTS) is 1. The molecule has 4 aromatic rings. The minimum atomic E-state index is -1.41. The molecule has 0 spiro atoms. The van der Waals surface area contributed by atoms with Crippen LogP contribution in [0.15, 0.2) is 78.9 Å².